The quantitative estimate of drug-likeness (QED) is 0.0706. The number of ether oxygens (including phenoxy) is 1. The van der Waals surface area contributed by atoms with Crippen molar-refractivity contribution in [2.45, 2.75) is 85.4 Å². The molecule has 14 heteroatoms. The molecule has 6 amide bonds. The summed E-state index contributed by atoms with van der Waals surface area (Å²) < 4.78 is 5.38. The Labute approximate surface area is 270 Å². The van der Waals surface area contributed by atoms with E-state index in [9.17, 15) is 28.8 Å². The monoisotopic (exact) mass is 652 g/mol. The number of carbonyl (C=O) groups is 6. The van der Waals surface area contributed by atoms with E-state index in [4.69, 9.17) is 22.1 Å². The van der Waals surface area contributed by atoms with Crippen molar-refractivity contribution in [3.8, 4) is 0 Å². The highest BCUT2D eigenvalue weighted by Gasteiger charge is 2.29. The van der Waals surface area contributed by atoms with Crippen LogP contribution >= 0.6 is 11.6 Å². The molecule has 0 bridgehead atoms. The Morgan fingerprint density at radius 1 is 0.800 bits per heavy atom. The van der Waals surface area contributed by atoms with Gasteiger partial charge in [0.15, 0.2) is 0 Å². The Kier molecular flexibility index (Phi) is 18.2. The highest BCUT2D eigenvalue weighted by molar-refractivity contribution is 6.27. The number of benzene rings is 1. The molecule has 1 rings (SSSR count). The lowest BCUT2D eigenvalue weighted by Crippen LogP contribution is -2.54. The molecule has 1 aromatic carbocycles. The van der Waals surface area contributed by atoms with Crippen molar-refractivity contribution in [1.82, 2.24) is 21.3 Å². The van der Waals surface area contributed by atoms with E-state index in [2.05, 4.69) is 26.6 Å². The molecule has 0 aromatic heterocycles. The molecule has 0 heterocycles. The summed E-state index contributed by atoms with van der Waals surface area (Å²) in [5.41, 5.74) is 6.34. The second kappa shape index (κ2) is 21.0. The largest absolute Gasteiger partial charge is 0.461 e. The molecule has 3 atom stereocenters. The number of hydrogen-bond donors (Lipinski definition) is 6. The fourth-order valence-corrected chi connectivity index (χ4v) is 4.08. The maximum Gasteiger partial charge on any atom is 0.312 e. The standard InChI is InChI=1S/C31H49ClN6O7/c1-19(2)21(5)30(43)45-18-22-11-13-23(14-12-22)36-28(41)24(9-8-16-35-31(33)44)37-29(42)27(20(3)4)38-25(39)10-6-7-15-34-26(40)17-32/h11-14,19-21,24,27H,6-10,15-18H2,1-5H3,(H,34,40)(H,36,41)(H,37,42)(H,38,39)(H3,33,35,44)/t21?,24-,27-/m1/s1. The van der Waals surface area contributed by atoms with Crippen LogP contribution in [0.4, 0.5) is 10.5 Å². The van der Waals surface area contributed by atoms with Crippen molar-refractivity contribution in [2.24, 2.45) is 23.5 Å². The van der Waals surface area contributed by atoms with Crippen LogP contribution in [0.2, 0.25) is 0 Å². The summed E-state index contributed by atoms with van der Waals surface area (Å²) in [5, 5.41) is 13.4. The maximum absolute atomic E-state index is 13.3. The summed E-state index contributed by atoms with van der Waals surface area (Å²) in [6, 6.07) is 4.21. The number of unbranched alkanes of at least 4 members (excludes halogenated alkanes) is 1. The maximum atomic E-state index is 13.3. The van der Waals surface area contributed by atoms with Crippen LogP contribution in [-0.4, -0.2) is 66.7 Å². The van der Waals surface area contributed by atoms with Gasteiger partial charge in [0.05, 0.1) is 5.92 Å². The van der Waals surface area contributed by atoms with Gasteiger partial charge in [-0.25, -0.2) is 4.79 Å². The van der Waals surface area contributed by atoms with Gasteiger partial charge >= 0.3 is 12.0 Å². The number of esters is 1. The smallest absolute Gasteiger partial charge is 0.312 e. The highest BCUT2D eigenvalue weighted by Crippen LogP contribution is 2.15. The number of urea groups is 1. The third kappa shape index (κ3) is 16.1. The third-order valence-corrected chi connectivity index (χ3v) is 7.36. The van der Waals surface area contributed by atoms with Gasteiger partial charge in [0, 0.05) is 25.2 Å². The molecule has 0 spiro atoms. The van der Waals surface area contributed by atoms with Crippen LogP contribution in [-0.2, 0) is 35.3 Å². The zero-order chi connectivity index (χ0) is 33.9. The molecule has 0 aliphatic carbocycles. The summed E-state index contributed by atoms with van der Waals surface area (Å²) in [7, 11) is 0. The van der Waals surface area contributed by atoms with Crippen LogP contribution in [0.15, 0.2) is 24.3 Å². The van der Waals surface area contributed by atoms with Gasteiger partial charge in [-0.15, -0.1) is 11.6 Å². The average Bonchev–Trinajstić information content (AvgIpc) is 2.99. The van der Waals surface area contributed by atoms with Crippen LogP contribution in [0.25, 0.3) is 0 Å². The van der Waals surface area contributed by atoms with Crippen LogP contribution in [0.5, 0.6) is 0 Å². The Morgan fingerprint density at radius 2 is 1.44 bits per heavy atom. The summed E-state index contributed by atoms with van der Waals surface area (Å²) in [6.07, 6.45) is 1.75. The first-order valence-corrected chi connectivity index (χ1v) is 15.8. The van der Waals surface area contributed by atoms with Crippen molar-refractivity contribution in [3.63, 3.8) is 0 Å². The van der Waals surface area contributed by atoms with Gasteiger partial charge in [-0.3, -0.25) is 24.0 Å². The lowest BCUT2D eigenvalue weighted by atomic mass is 9.99. The number of primary amides is 1. The number of nitrogens with two attached hydrogens (primary N) is 1. The minimum Gasteiger partial charge on any atom is -0.461 e. The molecule has 0 aliphatic rings. The second-order valence-electron chi connectivity index (χ2n) is 11.6. The van der Waals surface area contributed by atoms with Gasteiger partial charge in [-0.1, -0.05) is 46.8 Å². The van der Waals surface area contributed by atoms with E-state index in [1.165, 1.54) is 0 Å². The lowest BCUT2D eigenvalue weighted by Gasteiger charge is -2.25. The van der Waals surface area contributed by atoms with Crippen LogP contribution < -0.4 is 32.3 Å². The molecular weight excluding hydrogens is 604 g/mol. The van der Waals surface area contributed by atoms with Gasteiger partial charge < -0.3 is 37.1 Å². The van der Waals surface area contributed by atoms with Gasteiger partial charge in [0.1, 0.15) is 24.6 Å². The molecule has 0 aliphatic heterocycles. The number of anilines is 1. The molecule has 252 valence electrons. The van der Waals surface area contributed by atoms with E-state index in [1.54, 1.807) is 38.1 Å². The van der Waals surface area contributed by atoms with E-state index < -0.39 is 29.9 Å². The van der Waals surface area contributed by atoms with Crippen molar-refractivity contribution in [2.75, 3.05) is 24.3 Å². The van der Waals surface area contributed by atoms with Crippen molar-refractivity contribution in [3.05, 3.63) is 29.8 Å². The van der Waals surface area contributed by atoms with Gasteiger partial charge in [0.25, 0.3) is 0 Å². The van der Waals surface area contributed by atoms with Gasteiger partial charge in [-0.2, -0.15) is 0 Å². The van der Waals surface area contributed by atoms with Crippen LogP contribution in [0, 0.1) is 17.8 Å². The third-order valence-electron chi connectivity index (χ3n) is 7.12. The number of hydrogen-bond acceptors (Lipinski definition) is 7. The molecule has 1 unspecified atom stereocenters. The molecule has 45 heavy (non-hydrogen) atoms. The molecule has 0 radical (unpaired) electrons. The topological polar surface area (TPSA) is 198 Å². The summed E-state index contributed by atoms with van der Waals surface area (Å²) >= 11 is 5.44. The van der Waals surface area contributed by atoms with Gasteiger partial charge in [-0.05, 0) is 55.2 Å². The van der Waals surface area contributed by atoms with E-state index >= 15 is 0 Å². The fraction of sp³-hybridized carbons (Fsp3) is 0.613. The number of halogens is 1. The van der Waals surface area contributed by atoms with E-state index in [1.807, 2.05) is 20.8 Å². The second-order valence-corrected chi connectivity index (χ2v) is 11.8. The first-order valence-electron chi connectivity index (χ1n) is 15.3. The Morgan fingerprint density at radius 3 is 2.02 bits per heavy atom. The van der Waals surface area contributed by atoms with Crippen molar-refractivity contribution >= 4 is 52.9 Å². The van der Waals surface area contributed by atoms with E-state index in [0.717, 1.165) is 5.56 Å². The summed E-state index contributed by atoms with van der Waals surface area (Å²) in [4.78, 5) is 73.5. The van der Waals surface area contributed by atoms with Crippen LogP contribution in [0.1, 0.15) is 72.3 Å². The molecular formula is C31H49ClN6O7. The first-order chi connectivity index (χ1) is 21.2. The lowest BCUT2D eigenvalue weighted by molar-refractivity contribution is -0.150. The number of rotatable bonds is 20. The van der Waals surface area contributed by atoms with Crippen molar-refractivity contribution < 1.29 is 33.5 Å². The molecule has 7 N–H and O–H groups in total. The molecule has 0 fully saturated rings. The predicted molar refractivity (Wildman–Crippen MR) is 172 cm³/mol. The first kappa shape index (κ1) is 39.2. The summed E-state index contributed by atoms with van der Waals surface area (Å²) in [5.74, 6) is -2.37. The molecule has 0 saturated carbocycles. The highest BCUT2D eigenvalue weighted by atomic mass is 35.5. The molecule has 1 aromatic rings. The number of nitrogens with one attached hydrogen (secondary N) is 5. The predicted octanol–water partition coefficient (Wildman–Crippen LogP) is 2.56. The van der Waals surface area contributed by atoms with Crippen molar-refractivity contribution in [1.29, 1.82) is 0 Å². The normalized spacial score (nSPS) is 12.9. The number of amides is 6. The fourth-order valence-electron chi connectivity index (χ4n) is 3.99. The van der Waals surface area contributed by atoms with E-state index in [-0.39, 0.29) is 67.4 Å². The zero-order valence-electron chi connectivity index (χ0n) is 26.9. The average molecular weight is 653 g/mol. The van der Waals surface area contributed by atoms with E-state index in [0.29, 0.717) is 31.5 Å². The molecule has 0 saturated heterocycles. The summed E-state index contributed by atoms with van der Waals surface area (Å²) in [6.45, 7) is 9.96. The van der Waals surface area contributed by atoms with Gasteiger partial charge in [0.2, 0.25) is 23.6 Å². The SMILES string of the molecule is CC(C)C(C)C(=O)OCc1ccc(NC(=O)[C@@H](CCCNC(N)=O)NC(=O)[C@H](NC(=O)CCCCNC(=O)CCl)C(C)C)cc1. The zero-order valence-corrected chi connectivity index (χ0v) is 27.6. The number of carbonyl (C=O) groups excluding carboxylic acids is 6. The minimum atomic E-state index is -0.978. The Bertz CT molecular complexity index is 1130. The van der Waals surface area contributed by atoms with Crippen LogP contribution in [0.3, 0.4) is 0 Å². The molecule has 13 nitrogen and oxygen atoms in total. The Balaban J connectivity index is 2.83. The number of alkyl halides is 1. The minimum absolute atomic E-state index is 0.0998. The Hall–Kier alpha value is -3.87.